The predicted molar refractivity (Wildman–Crippen MR) is 72.1 cm³/mol. The maximum absolute atomic E-state index is 4.52. The van der Waals surface area contributed by atoms with Gasteiger partial charge in [0.25, 0.3) is 0 Å². The normalized spacial score (nSPS) is 12.6. The molecule has 2 nitrogen and oxygen atoms in total. The summed E-state index contributed by atoms with van der Waals surface area (Å²) in [6.45, 7) is 9.01. The zero-order valence-electron chi connectivity index (χ0n) is 10.3. The van der Waals surface area contributed by atoms with E-state index in [0.29, 0.717) is 6.04 Å². The van der Waals surface area contributed by atoms with Gasteiger partial charge in [0.2, 0.25) is 0 Å². The SMILES string of the molecule is C=CCCCC(Cc1nc(C)cs1)NCC. The molecule has 0 aromatic carbocycles. The van der Waals surface area contributed by atoms with Gasteiger partial charge in [-0.15, -0.1) is 17.9 Å². The number of hydrogen-bond acceptors (Lipinski definition) is 3. The summed E-state index contributed by atoms with van der Waals surface area (Å²) < 4.78 is 0. The third kappa shape index (κ3) is 4.90. The van der Waals surface area contributed by atoms with Gasteiger partial charge in [-0.05, 0) is 32.7 Å². The Morgan fingerprint density at radius 2 is 2.44 bits per heavy atom. The number of hydrogen-bond donors (Lipinski definition) is 1. The maximum Gasteiger partial charge on any atom is 0.0943 e. The van der Waals surface area contributed by atoms with Gasteiger partial charge in [0.15, 0.2) is 0 Å². The Morgan fingerprint density at radius 3 is 3.00 bits per heavy atom. The van der Waals surface area contributed by atoms with E-state index >= 15 is 0 Å². The van der Waals surface area contributed by atoms with Crippen LogP contribution in [-0.4, -0.2) is 17.6 Å². The zero-order chi connectivity index (χ0) is 11.8. The lowest BCUT2D eigenvalue weighted by Gasteiger charge is -2.15. The molecule has 0 saturated heterocycles. The van der Waals surface area contributed by atoms with Crippen molar-refractivity contribution in [1.82, 2.24) is 10.3 Å². The van der Waals surface area contributed by atoms with Crippen LogP contribution >= 0.6 is 11.3 Å². The summed E-state index contributed by atoms with van der Waals surface area (Å²) in [5, 5.41) is 6.91. The first-order valence-electron chi connectivity index (χ1n) is 6.01. The third-order valence-corrected chi connectivity index (χ3v) is 3.53. The van der Waals surface area contributed by atoms with Crippen LogP contribution in [0, 0.1) is 6.92 Å². The van der Waals surface area contributed by atoms with Gasteiger partial charge in [0, 0.05) is 23.5 Å². The second-order valence-corrected chi connectivity index (χ2v) is 5.00. The highest BCUT2D eigenvalue weighted by molar-refractivity contribution is 7.09. The molecule has 0 saturated carbocycles. The fourth-order valence-electron chi connectivity index (χ4n) is 1.78. The maximum atomic E-state index is 4.52. The van der Waals surface area contributed by atoms with Crippen molar-refractivity contribution in [2.75, 3.05) is 6.54 Å². The van der Waals surface area contributed by atoms with E-state index in [1.807, 2.05) is 6.08 Å². The largest absolute Gasteiger partial charge is 0.314 e. The van der Waals surface area contributed by atoms with E-state index in [-0.39, 0.29) is 0 Å². The quantitative estimate of drug-likeness (QED) is 0.555. The fraction of sp³-hybridized carbons (Fsp3) is 0.615. The van der Waals surface area contributed by atoms with E-state index in [0.717, 1.165) is 25.1 Å². The molecular weight excluding hydrogens is 216 g/mol. The van der Waals surface area contributed by atoms with Crippen LogP contribution in [0.4, 0.5) is 0 Å². The Balaban J connectivity index is 2.40. The van der Waals surface area contributed by atoms with Crippen LogP contribution in [0.2, 0.25) is 0 Å². The minimum absolute atomic E-state index is 0.565. The third-order valence-electron chi connectivity index (χ3n) is 2.54. The van der Waals surface area contributed by atoms with E-state index in [4.69, 9.17) is 0 Å². The van der Waals surface area contributed by atoms with E-state index in [1.54, 1.807) is 11.3 Å². The summed E-state index contributed by atoms with van der Waals surface area (Å²) >= 11 is 1.77. The van der Waals surface area contributed by atoms with Crippen molar-refractivity contribution in [3.05, 3.63) is 28.7 Å². The molecule has 16 heavy (non-hydrogen) atoms. The van der Waals surface area contributed by atoms with Crippen LogP contribution in [0.25, 0.3) is 0 Å². The Bertz CT molecular complexity index is 307. The molecule has 0 aliphatic rings. The van der Waals surface area contributed by atoms with E-state index in [2.05, 4.69) is 36.1 Å². The van der Waals surface area contributed by atoms with E-state index in [1.165, 1.54) is 17.8 Å². The van der Waals surface area contributed by atoms with Gasteiger partial charge >= 0.3 is 0 Å². The molecule has 1 aromatic heterocycles. The van der Waals surface area contributed by atoms with Gasteiger partial charge in [-0.2, -0.15) is 0 Å². The predicted octanol–water partition coefficient (Wildman–Crippen LogP) is 3.33. The van der Waals surface area contributed by atoms with Gasteiger partial charge in [0.05, 0.1) is 5.01 Å². The minimum Gasteiger partial charge on any atom is -0.314 e. The number of unbranched alkanes of at least 4 members (excludes halogenated alkanes) is 1. The lowest BCUT2D eigenvalue weighted by molar-refractivity contribution is 0.477. The second kappa shape index (κ2) is 7.58. The molecule has 3 heteroatoms. The number of allylic oxidation sites excluding steroid dienone is 1. The molecule has 1 rings (SSSR count). The summed E-state index contributed by atoms with van der Waals surface area (Å²) in [4.78, 5) is 4.52. The lowest BCUT2D eigenvalue weighted by atomic mass is 10.1. The summed E-state index contributed by atoms with van der Waals surface area (Å²) in [5.74, 6) is 0. The second-order valence-electron chi connectivity index (χ2n) is 4.06. The van der Waals surface area contributed by atoms with Gasteiger partial charge in [-0.1, -0.05) is 13.0 Å². The zero-order valence-corrected chi connectivity index (χ0v) is 11.1. The molecule has 1 unspecified atom stereocenters. The Kier molecular flexibility index (Phi) is 6.34. The molecule has 1 N–H and O–H groups in total. The van der Waals surface area contributed by atoms with Crippen molar-refractivity contribution in [3.63, 3.8) is 0 Å². The van der Waals surface area contributed by atoms with E-state index < -0.39 is 0 Å². The number of aromatic nitrogens is 1. The molecule has 0 bridgehead atoms. The minimum atomic E-state index is 0.565. The average molecular weight is 238 g/mol. The molecule has 1 aromatic rings. The van der Waals surface area contributed by atoms with Gasteiger partial charge < -0.3 is 5.32 Å². The van der Waals surface area contributed by atoms with Crippen LogP contribution in [-0.2, 0) is 6.42 Å². The van der Waals surface area contributed by atoms with Crippen molar-refractivity contribution in [2.45, 2.75) is 45.6 Å². The first-order valence-corrected chi connectivity index (χ1v) is 6.89. The van der Waals surface area contributed by atoms with Crippen molar-refractivity contribution < 1.29 is 0 Å². The Morgan fingerprint density at radius 1 is 1.62 bits per heavy atom. The lowest BCUT2D eigenvalue weighted by Crippen LogP contribution is -2.30. The highest BCUT2D eigenvalue weighted by Crippen LogP contribution is 2.13. The van der Waals surface area contributed by atoms with Crippen LogP contribution in [0.15, 0.2) is 18.0 Å². The standard InChI is InChI=1S/C13H22N2S/c1-4-6-7-8-12(14-5-2)9-13-15-11(3)10-16-13/h4,10,12,14H,1,5-9H2,2-3H3. The molecule has 1 atom stereocenters. The van der Waals surface area contributed by atoms with Crippen LogP contribution < -0.4 is 5.32 Å². The highest BCUT2D eigenvalue weighted by atomic mass is 32.1. The van der Waals surface area contributed by atoms with Crippen LogP contribution in [0.5, 0.6) is 0 Å². The Hall–Kier alpha value is -0.670. The molecule has 1 heterocycles. The summed E-state index contributed by atoms with van der Waals surface area (Å²) in [6.07, 6.45) is 6.59. The van der Waals surface area contributed by atoms with Crippen molar-refractivity contribution in [2.24, 2.45) is 0 Å². The smallest absolute Gasteiger partial charge is 0.0943 e. The number of likely N-dealkylation sites (N-methyl/N-ethyl adjacent to an activating group) is 1. The summed E-state index contributed by atoms with van der Waals surface area (Å²) in [5.41, 5.74) is 1.14. The number of nitrogens with one attached hydrogen (secondary N) is 1. The van der Waals surface area contributed by atoms with Crippen molar-refractivity contribution in [1.29, 1.82) is 0 Å². The number of nitrogens with zero attached hydrogens (tertiary/aromatic N) is 1. The number of rotatable bonds is 8. The first kappa shape index (κ1) is 13.4. The number of thiazole rings is 1. The fourth-order valence-corrected chi connectivity index (χ4v) is 2.63. The topological polar surface area (TPSA) is 24.9 Å². The average Bonchev–Trinajstić information content (AvgIpc) is 2.65. The van der Waals surface area contributed by atoms with E-state index in [9.17, 15) is 0 Å². The molecule has 0 fully saturated rings. The Labute approximate surface area is 103 Å². The molecule has 0 amide bonds. The van der Waals surface area contributed by atoms with Crippen molar-refractivity contribution in [3.8, 4) is 0 Å². The first-order chi connectivity index (χ1) is 7.76. The summed E-state index contributed by atoms with van der Waals surface area (Å²) in [6, 6.07) is 0.565. The van der Waals surface area contributed by atoms with Crippen LogP contribution in [0.3, 0.4) is 0 Å². The highest BCUT2D eigenvalue weighted by Gasteiger charge is 2.09. The molecule has 0 aliphatic carbocycles. The van der Waals surface area contributed by atoms with Gasteiger partial charge in [-0.25, -0.2) is 4.98 Å². The number of aryl methyl sites for hydroxylation is 1. The summed E-state index contributed by atoms with van der Waals surface area (Å²) in [7, 11) is 0. The van der Waals surface area contributed by atoms with Gasteiger partial charge in [0.1, 0.15) is 0 Å². The van der Waals surface area contributed by atoms with Gasteiger partial charge in [-0.3, -0.25) is 0 Å². The molecular formula is C13H22N2S. The monoisotopic (exact) mass is 238 g/mol. The van der Waals surface area contributed by atoms with Crippen LogP contribution in [0.1, 0.15) is 36.9 Å². The molecule has 0 radical (unpaired) electrons. The molecule has 0 aliphatic heterocycles. The van der Waals surface area contributed by atoms with Crippen molar-refractivity contribution >= 4 is 11.3 Å². The molecule has 90 valence electrons. The molecule has 0 spiro atoms.